The standard InChI is InChI=1S/C3H9N.CH5N.H3N/c1-4(2)3;1-2;/h1-3H3;2H2,1H3;1H3/p+1. The molecule has 0 aromatic carbocycles. The minimum absolute atomic E-state index is 0. The molecule has 0 aromatic heterocycles. The molecule has 0 amide bonds. The molecule has 3 nitrogen and oxygen atoms in total. The van der Waals surface area contributed by atoms with Gasteiger partial charge in [-0.2, -0.15) is 0 Å². The second-order valence-electron chi connectivity index (χ2n) is 1.34. The predicted octanol–water partition coefficient (Wildman–Crippen LogP) is -0.802. The normalized spacial score (nSPS) is 6.00. The van der Waals surface area contributed by atoms with Crippen molar-refractivity contribution in [3.8, 4) is 0 Å². The van der Waals surface area contributed by atoms with E-state index in [1.165, 1.54) is 0 Å². The highest BCUT2D eigenvalue weighted by molar-refractivity contribution is 4.09. The topological polar surface area (TPSA) is 65.9 Å². The minimum atomic E-state index is 0. The van der Waals surface area contributed by atoms with E-state index < -0.39 is 0 Å². The van der Waals surface area contributed by atoms with Crippen molar-refractivity contribution in [2.45, 2.75) is 0 Å². The van der Waals surface area contributed by atoms with Gasteiger partial charge in [0.15, 0.2) is 0 Å². The third kappa shape index (κ3) is 6150. The van der Waals surface area contributed by atoms with Crippen molar-refractivity contribution in [1.29, 1.82) is 0 Å². The quantitative estimate of drug-likeness (QED) is 0.426. The highest BCUT2D eigenvalue weighted by Crippen LogP contribution is 1.47. The Morgan fingerprint density at radius 2 is 1.00 bits per heavy atom. The molecule has 0 fully saturated rings. The Bertz CT molecular complexity index is 11.7. The molecule has 3 heteroatoms. The summed E-state index contributed by atoms with van der Waals surface area (Å²) < 4.78 is 0. The summed E-state index contributed by atoms with van der Waals surface area (Å²) in [7, 11) is 7.75. The molecular formula is C4H18N3+. The van der Waals surface area contributed by atoms with Crippen LogP contribution in [0, 0.1) is 0 Å². The average molecular weight is 108 g/mol. The van der Waals surface area contributed by atoms with Gasteiger partial charge in [0.25, 0.3) is 0 Å². The Labute approximate surface area is 46.1 Å². The number of quaternary nitrogens is 1. The number of hydrogen-bond donors (Lipinski definition) is 2. The Hall–Kier alpha value is -0.120. The number of hydrogen-bond acceptors (Lipinski definition) is 2. The van der Waals surface area contributed by atoms with E-state index in [0.717, 1.165) is 0 Å². The van der Waals surface area contributed by atoms with Crippen LogP contribution in [0.15, 0.2) is 0 Å². The largest absolute Gasteiger partial charge is 0.360 e. The molecule has 0 rings (SSSR count). The molecule has 0 bridgehead atoms. The lowest BCUT2D eigenvalue weighted by atomic mass is 11.0. The van der Waals surface area contributed by atoms with Gasteiger partial charge in [-0.15, -0.1) is 0 Å². The molecule has 0 unspecified atom stereocenters. The van der Waals surface area contributed by atoms with Crippen LogP contribution in [-0.4, -0.2) is 33.1 Å². The van der Waals surface area contributed by atoms with E-state index in [2.05, 4.69) is 5.73 Å². The van der Waals surface area contributed by atoms with Gasteiger partial charge in [-0.3, -0.25) is 0 Å². The van der Waals surface area contributed by atoms with E-state index in [1.807, 2.05) is 26.0 Å². The first-order chi connectivity index (χ1) is 2.73. The molecule has 0 radical (unpaired) electrons. The molecule has 48 valence electrons. The Kier molecular flexibility index (Phi) is 38.1. The second kappa shape index (κ2) is 16.9. The fraction of sp³-hybridized carbons (Fsp3) is 1.00. The molecule has 0 saturated heterocycles. The summed E-state index contributed by atoms with van der Waals surface area (Å²) in [5, 5.41) is 0. The fourth-order valence-electron chi connectivity index (χ4n) is 0. The van der Waals surface area contributed by atoms with Gasteiger partial charge in [-0.25, -0.2) is 0 Å². The van der Waals surface area contributed by atoms with Crippen molar-refractivity contribution in [1.82, 2.24) is 11.1 Å². The lowest BCUT2D eigenvalue weighted by Gasteiger charge is -1.90. The summed E-state index contributed by atoms with van der Waals surface area (Å²) >= 11 is 0. The highest BCUT2D eigenvalue weighted by Gasteiger charge is 1.58. The van der Waals surface area contributed by atoms with Crippen molar-refractivity contribution < 1.29 is 5.73 Å². The van der Waals surface area contributed by atoms with Crippen molar-refractivity contribution in [3.05, 3.63) is 0 Å². The molecule has 0 aromatic rings. The van der Waals surface area contributed by atoms with Gasteiger partial charge in [0.2, 0.25) is 0 Å². The first-order valence-electron chi connectivity index (χ1n) is 2.05. The summed E-state index contributed by atoms with van der Waals surface area (Å²) in [5.41, 5.74) is 3.25. The van der Waals surface area contributed by atoms with Crippen LogP contribution in [0.2, 0.25) is 0 Å². The third-order valence-electron chi connectivity index (χ3n) is 0. The van der Waals surface area contributed by atoms with Gasteiger partial charge in [0.1, 0.15) is 0 Å². The average Bonchev–Trinajstić information content (AvgIpc) is 1.41. The molecule has 0 atom stereocenters. The Morgan fingerprint density at radius 1 is 1.00 bits per heavy atom. The molecule has 7 heavy (non-hydrogen) atoms. The smallest absolute Gasteiger partial charge is 0.0634 e. The maximum Gasteiger partial charge on any atom is 0.0634 e. The molecule has 0 aliphatic heterocycles. The lowest BCUT2D eigenvalue weighted by Crippen LogP contribution is -2.40. The molecule has 0 heterocycles. The van der Waals surface area contributed by atoms with Crippen LogP contribution in [0.5, 0.6) is 0 Å². The first kappa shape index (κ1) is 15.8. The van der Waals surface area contributed by atoms with E-state index >= 15 is 0 Å². The van der Waals surface area contributed by atoms with Crippen LogP contribution in [0.25, 0.3) is 0 Å². The van der Waals surface area contributed by atoms with Crippen LogP contribution in [-0.2, 0) is 0 Å². The maximum absolute atomic E-state index is 3.25. The van der Waals surface area contributed by atoms with Gasteiger partial charge in [0.05, 0.1) is 7.05 Å². The highest BCUT2D eigenvalue weighted by atomic mass is 15.0. The predicted molar refractivity (Wildman–Crippen MR) is 33.4 cm³/mol. The van der Waals surface area contributed by atoms with Crippen LogP contribution >= 0.6 is 0 Å². The van der Waals surface area contributed by atoms with Gasteiger partial charge in [-0.05, 0) is 21.1 Å². The molecular weight excluding hydrogens is 90.1 g/mol. The van der Waals surface area contributed by atoms with Crippen molar-refractivity contribution >= 4 is 0 Å². The van der Waals surface area contributed by atoms with Gasteiger partial charge < -0.3 is 16.8 Å². The van der Waals surface area contributed by atoms with Gasteiger partial charge in [-0.1, -0.05) is 0 Å². The first-order valence-corrected chi connectivity index (χ1v) is 2.05. The van der Waals surface area contributed by atoms with Gasteiger partial charge in [0, 0.05) is 0 Å². The van der Waals surface area contributed by atoms with Crippen molar-refractivity contribution in [2.75, 3.05) is 28.2 Å². The van der Waals surface area contributed by atoms with E-state index in [0.29, 0.717) is 0 Å². The molecule has 0 aliphatic rings. The van der Waals surface area contributed by atoms with E-state index in [-0.39, 0.29) is 6.15 Å². The molecule has 0 spiro atoms. The summed E-state index contributed by atoms with van der Waals surface area (Å²) in [6.07, 6.45) is 0. The molecule has 6 N–H and O–H groups in total. The van der Waals surface area contributed by atoms with Crippen LogP contribution in [0.4, 0.5) is 0 Å². The van der Waals surface area contributed by atoms with Gasteiger partial charge >= 0.3 is 0 Å². The van der Waals surface area contributed by atoms with E-state index in [9.17, 15) is 0 Å². The van der Waals surface area contributed by atoms with Crippen molar-refractivity contribution in [3.63, 3.8) is 0 Å². The zero-order chi connectivity index (χ0) is 5.58. The molecule has 0 saturated carbocycles. The number of nitrogens with zero attached hydrogens (tertiary/aromatic N) is 1. The zero-order valence-electron chi connectivity index (χ0n) is 5.86. The van der Waals surface area contributed by atoms with Crippen molar-refractivity contribution in [2.24, 2.45) is 0 Å². The van der Waals surface area contributed by atoms with E-state index in [4.69, 9.17) is 0 Å². The van der Waals surface area contributed by atoms with Crippen LogP contribution in [0.1, 0.15) is 0 Å². The number of rotatable bonds is 0. The Morgan fingerprint density at radius 3 is 1.00 bits per heavy atom. The van der Waals surface area contributed by atoms with Crippen LogP contribution < -0.4 is 11.9 Å². The monoisotopic (exact) mass is 108 g/mol. The summed E-state index contributed by atoms with van der Waals surface area (Å²) in [6, 6.07) is 0. The third-order valence-corrected chi connectivity index (χ3v) is 0. The zero-order valence-corrected chi connectivity index (χ0v) is 5.86. The maximum atomic E-state index is 3.25. The summed E-state index contributed by atoms with van der Waals surface area (Å²) in [5.74, 6) is 0. The second-order valence-corrected chi connectivity index (χ2v) is 1.34. The summed E-state index contributed by atoms with van der Waals surface area (Å²) in [6.45, 7) is 0. The van der Waals surface area contributed by atoms with E-state index in [1.54, 1.807) is 7.05 Å². The minimum Gasteiger partial charge on any atom is -0.360 e. The Balaban J connectivity index is -0.0000000480. The lowest BCUT2D eigenvalue weighted by molar-refractivity contribution is -0.325. The molecule has 0 aliphatic carbocycles. The van der Waals surface area contributed by atoms with Crippen LogP contribution in [0.3, 0.4) is 0 Å². The fourth-order valence-corrected chi connectivity index (χ4v) is 0. The summed E-state index contributed by atoms with van der Waals surface area (Å²) in [4.78, 5) is 2.00. The SMILES string of the molecule is CN(C)C.C[NH3+].N.